The van der Waals surface area contributed by atoms with Crippen LogP contribution in [0.5, 0.6) is 5.75 Å². The van der Waals surface area contributed by atoms with Gasteiger partial charge in [-0.2, -0.15) is 0 Å². The summed E-state index contributed by atoms with van der Waals surface area (Å²) in [6.07, 6.45) is 0.806. The molecule has 0 fully saturated rings. The molecule has 0 aromatic heterocycles. The molecule has 1 atom stereocenters. The molecule has 1 unspecified atom stereocenters. The third-order valence-corrected chi connectivity index (χ3v) is 4.78. The minimum atomic E-state index is -1.87. The predicted octanol–water partition coefficient (Wildman–Crippen LogP) is 3.32. The Morgan fingerprint density at radius 1 is 1.42 bits per heavy atom. The third-order valence-electron chi connectivity index (χ3n) is 1.39. The molecule has 66 valence electrons. The van der Waals surface area contributed by atoms with Crippen LogP contribution >= 0.6 is 17.7 Å². The zero-order valence-corrected chi connectivity index (χ0v) is 9.41. The summed E-state index contributed by atoms with van der Waals surface area (Å²) in [7, 11) is 0. The maximum absolute atomic E-state index is 5.54. The highest BCUT2D eigenvalue weighted by atomic mass is 32.9. The van der Waals surface area contributed by atoms with Gasteiger partial charge in [-0.25, -0.2) is 0 Å². The standard InChI is InChI=1S/C8H11OPS2/c1-2-10(11,12)9-8-6-4-3-5-7-8/h3-7H,2H2,1H3,(H,11,12). The summed E-state index contributed by atoms with van der Waals surface area (Å²) in [5.74, 6) is 0.817. The van der Waals surface area contributed by atoms with Crippen LogP contribution in [0.3, 0.4) is 0 Å². The Balaban J connectivity index is 2.71. The molecule has 12 heavy (non-hydrogen) atoms. The van der Waals surface area contributed by atoms with Crippen molar-refractivity contribution in [2.75, 3.05) is 6.16 Å². The summed E-state index contributed by atoms with van der Waals surface area (Å²) in [6, 6.07) is 9.59. The Morgan fingerprint density at radius 2 is 2.00 bits per heavy atom. The van der Waals surface area contributed by atoms with Crippen molar-refractivity contribution in [1.82, 2.24) is 0 Å². The molecule has 1 rings (SSSR count). The molecule has 1 aromatic carbocycles. The van der Waals surface area contributed by atoms with E-state index in [0.717, 1.165) is 11.9 Å². The lowest BCUT2D eigenvalue weighted by atomic mass is 10.3. The second-order valence-electron chi connectivity index (χ2n) is 2.36. The van der Waals surface area contributed by atoms with Gasteiger partial charge in [-0.3, -0.25) is 0 Å². The minimum Gasteiger partial charge on any atom is -0.457 e. The lowest BCUT2D eigenvalue weighted by Gasteiger charge is -2.15. The summed E-state index contributed by atoms with van der Waals surface area (Å²) in [4.78, 5) is 0. The number of hydrogen-bond acceptors (Lipinski definition) is 2. The van der Waals surface area contributed by atoms with E-state index < -0.39 is 5.47 Å². The predicted molar refractivity (Wildman–Crippen MR) is 60.9 cm³/mol. The van der Waals surface area contributed by atoms with Gasteiger partial charge in [-0.05, 0) is 23.9 Å². The van der Waals surface area contributed by atoms with Crippen LogP contribution in [-0.2, 0) is 11.8 Å². The monoisotopic (exact) mass is 218 g/mol. The van der Waals surface area contributed by atoms with Crippen molar-refractivity contribution >= 4 is 29.5 Å². The van der Waals surface area contributed by atoms with E-state index in [-0.39, 0.29) is 0 Å². The summed E-state index contributed by atoms with van der Waals surface area (Å²) in [5, 5.41) is 0. The van der Waals surface area contributed by atoms with Gasteiger partial charge >= 0.3 is 0 Å². The van der Waals surface area contributed by atoms with E-state index in [1.165, 1.54) is 0 Å². The molecule has 0 aliphatic rings. The van der Waals surface area contributed by atoms with E-state index in [2.05, 4.69) is 12.2 Å². The molecular weight excluding hydrogens is 207 g/mol. The fraction of sp³-hybridized carbons (Fsp3) is 0.250. The Morgan fingerprint density at radius 3 is 2.50 bits per heavy atom. The molecule has 0 aliphatic carbocycles. The van der Waals surface area contributed by atoms with E-state index in [0.29, 0.717) is 0 Å². The van der Waals surface area contributed by atoms with Crippen molar-refractivity contribution < 1.29 is 4.52 Å². The first-order chi connectivity index (χ1) is 5.64. The average molecular weight is 218 g/mol. The molecule has 0 N–H and O–H groups in total. The van der Waals surface area contributed by atoms with Gasteiger partial charge in [0.25, 0.3) is 0 Å². The van der Waals surface area contributed by atoms with Crippen LogP contribution in [0.1, 0.15) is 6.92 Å². The van der Waals surface area contributed by atoms with Crippen LogP contribution in [0.2, 0.25) is 0 Å². The Hall–Kier alpha value is 0.0200. The molecule has 0 heterocycles. The SMILES string of the molecule is CCP(=S)(S)Oc1ccccc1. The number of thiol groups is 1. The summed E-state index contributed by atoms with van der Waals surface area (Å²) in [5.41, 5.74) is -1.87. The molecular formula is C8H11OPS2. The second kappa shape index (κ2) is 4.31. The first kappa shape index (κ1) is 10.1. The first-order valence-corrected chi connectivity index (χ1v) is 7.76. The minimum absolute atomic E-state index is 0.806. The maximum atomic E-state index is 5.54. The highest BCUT2D eigenvalue weighted by Crippen LogP contribution is 2.51. The van der Waals surface area contributed by atoms with Crippen LogP contribution in [0.15, 0.2) is 30.3 Å². The molecule has 0 saturated carbocycles. The van der Waals surface area contributed by atoms with Gasteiger partial charge in [-0.1, -0.05) is 25.1 Å². The van der Waals surface area contributed by atoms with E-state index in [1.54, 1.807) is 0 Å². The van der Waals surface area contributed by atoms with Gasteiger partial charge in [0, 0.05) is 6.16 Å². The van der Waals surface area contributed by atoms with Crippen molar-refractivity contribution in [2.45, 2.75) is 6.92 Å². The largest absolute Gasteiger partial charge is 0.457 e. The van der Waals surface area contributed by atoms with Crippen LogP contribution in [0.4, 0.5) is 0 Å². The van der Waals surface area contributed by atoms with Gasteiger partial charge in [0.15, 0.2) is 5.47 Å². The molecule has 0 radical (unpaired) electrons. The van der Waals surface area contributed by atoms with Crippen LogP contribution in [0.25, 0.3) is 0 Å². The molecule has 0 spiro atoms. The van der Waals surface area contributed by atoms with Crippen molar-refractivity contribution in [3.05, 3.63) is 30.3 Å². The maximum Gasteiger partial charge on any atom is 0.164 e. The molecule has 1 nitrogen and oxygen atoms in total. The van der Waals surface area contributed by atoms with E-state index in [9.17, 15) is 0 Å². The Labute approximate surface area is 83.4 Å². The molecule has 0 bridgehead atoms. The number of hydrogen-bond donors (Lipinski definition) is 1. The normalized spacial score (nSPS) is 15.2. The first-order valence-electron chi connectivity index (χ1n) is 3.70. The van der Waals surface area contributed by atoms with E-state index in [4.69, 9.17) is 16.3 Å². The van der Waals surface area contributed by atoms with Crippen molar-refractivity contribution in [2.24, 2.45) is 0 Å². The summed E-state index contributed by atoms with van der Waals surface area (Å²) < 4.78 is 5.54. The molecule has 0 aliphatic heterocycles. The van der Waals surface area contributed by atoms with Gasteiger partial charge in [0.05, 0.1) is 0 Å². The van der Waals surface area contributed by atoms with Crippen LogP contribution < -0.4 is 4.52 Å². The van der Waals surface area contributed by atoms with Crippen LogP contribution in [0, 0.1) is 0 Å². The van der Waals surface area contributed by atoms with Crippen molar-refractivity contribution in [3.63, 3.8) is 0 Å². The number of benzene rings is 1. The molecule has 0 saturated heterocycles. The number of para-hydroxylation sites is 1. The smallest absolute Gasteiger partial charge is 0.164 e. The lowest BCUT2D eigenvalue weighted by Crippen LogP contribution is -1.87. The Kier molecular flexibility index (Phi) is 3.63. The number of rotatable bonds is 3. The van der Waals surface area contributed by atoms with Gasteiger partial charge in [0.1, 0.15) is 5.75 Å². The Bertz CT molecular complexity index is 286. The quantitative estimate of drug-likeness (QED) is 0.615. The summed E-state index contributed by atoms with van der Waals surface area (Å²) in [6.45, 7) is 2.00. The topological polar surface area (TPSA) is 9.23 Å². The van der Waals surface area contributed by atoms with Crippen molar-refractivity contribution in [1.29, 1.82) is 0 Å². The van der Waals surface area contributed by atoms with Gasteiger partial charge in [0.2, 0.25) is 0 Å². The molecule has 4 heteroatoms. The molecule has 1 aromatic rings. The van der Waals surface area contributed by atoms with Crippen LogP contribution in [-0.4, -0.2) is 6.16 Å². The second-order valence-corrected chi connectivity index (χ2v) is 8.97. The molecule has 0 amide bonds. The summed E-state index contributed by atoms with van der Waals surface area (Å²) >= 11 is 9.48. The zero-order valence-electron chi connectivity index (χ0n) is 6.80. The van der Waals surface area contributed by atoms with Crippen molar-refractivity contribution in [3.8, 4) is 5.75 Å². The van der Waals surface area contributed by atoms with Gasteiger partial charge < -0.3 is 4.52 Å². The zero-order chi connectivity index (χ0) is 9.03. The third kappa shape index (κ3) is 3.18. The fourth-order valence-corrected chi connectivity index (χ4v) is 1.83. The lowest BCUT2D eigenvalue weighted by molar-refractivity contribution is 0.626. The van der Waals surface area contributed by atoms with E-state index in [1.807, 2.05) is 37.3 Å². The van der Waals surface area contributed by atoms with Gasteiger partial charge in [-0.15, -0.1) is 12.2 Å². The van der Waals surface area contributed by atoms with E-state index >= 15 is 0 Å². The fourth-order valence-electron chi connectivity index (χ4n) is 0.711. The highest BCUT2D eigenvalue weighted by molar-refractivity contribution is 8.61. The average Bonchev–Trinajstić information content (AvgIpc) is 2.06. The highest BCUT2D eigenvalue weighted by Gasteiger charge is 2.09.